The van der Waals surface area contributed by atoms with Gasteiger partial charge in [-0.15, -0.1) is 0 Å². The summed E-state index contributed by atoms with van der Waals surface area (Å²) in [6, 6.07) is 12.6. The van der Waals surface area contributed by atoms with Gasteiger partial charge in [0.05, 0.1) is 18.4 Å². The van der Waals surface area contributed by atoms with E-state index < -0.39 is 5.82 Å². The third kappa shape index (κ3) is 12.9. The second-order valence-electron chi connectivity index (χ2n) is 10.6. The lowest BCUT2D eigenvalue weighted by Gasteiger charge is -2.10. The minimum atomic E-state index is -0.412. The zero-order chi connectivity index (χ0) is 27.7. The van der Waals surface area contributed by atoms with Crippen molar-refractivity contribution in [2.75, 3.05) is 11.9 Å². The van der Waals surface area contributed by atoms with Crippen LogP contribution in [0.3, 0.4) is 0 Å². The summed E-state index contributed by atoms with van der Waals surface area (Å²) in [5, 5.41) is 5.03. The van der Waals surface area contributed by atoms with Gasteiger partial charge in [-0.1, -0.05) is 107 Å². The minimum Gasteiger partial charge on any atom is -1.00 e. The van der Waals surface area contributed by atoms with Gasteiger partial charge < -0.3 is 27.0 Å². The van der Waals surface area contributed by atoms with E-state index in [4.69, 9.17) is 4.74 Å². The van der Waals surface area contributed by atoms with Crippen LogP contribution in [0.15, 0.2) is 53.4 Å². The number of halogens is 2. The summed E-state index contributed by atoms with van der Waals surface area (Å²) in [6.45, 7) is 5.67. The van der Waals surface area contributed by atoms with Crippen molar-refractivity contribution in [1.82, 2.24) is 0 Å². The topological polar surface area (TPSA) is 42.2 Å². The molecule has 7 heteroatoms. The zero-order valence-electron chi connectivity index (χ0n) is 24.2. The molecule has 0 unspecified atom stereocenters. The number of aromatic nitrogens is 1. The number of thiazole rings is 1. The maximum Gasteiger partial charge on any atom is 0.228 e. The number of anilines is 1. The number of nitrogens with zero attached hydrogens (tertiary/aromatic N) is 1. The second-order valence-corrected chi connectivity index (χ2v) is 11.3. The number of aryl methyl sites for hydroxylation is 1. The second kappa shape index (κ2) is 19.8. The normalized spacial score (nSPS) is 10.8. The number of ether oxygens (including phenoxy) is 1. The molecule has 0 saturated heterocycles. The molecule has 1 N–H and O–H groups in total. The molecule has 0 radical (unpaired) electrons. The molecule has 0 aliphatic heterocycles. The first-order valence-electron chi connectivity index (χ1n) is 14.8. The Morgan fingerprint density at radius 3 is 2.05 bits per heavy atom. The highest BCUT2D eigenvalue weighted by atomic mass is 79.9. The average Bonchev–Trinajstić information content (AvgIpc) is 3.33. The Labute approximate surface area is 255 Å². The lowest BCUT2D eigenvalue weighted by Crippen LogP contribution is -3.00. The van der Waals surface area contributed by atoms with Crippen LogP contribution in [0, 0.1) is 12.7 Å². The number of amides is 1. The maximum atomic E-state index is 14.5. The Morgan fingerprint density at radius 1 is 0.875 bits per heavy atom. The van der Waals surface area contributed by atoms with Gasteiger partial charge in [-0.05, 0) is 36.2 Å². The van der Waals surface area contributed by atoms with Gasteiger partial charge in [0, 0.05) is 18.2 Å². The van der Waals surface area contributed by atoms with Gasteiger partial charge in [-0.2, -0.15) is 4.57 Å². The van der Waals surface area contributed by atoms with Crippen LogP contribution in [0.2, 0.25) is 0 Å². The highest BCUT2D eigenvalue weighted by molar-refractivity contribution is 7.07. The number of benzene rings is 2. The third-order valence-corrected chi connectivity index (χ3v) is 7.94. The average molecular weight is 634 g/mol. The van der Waals surface area contributed by atoms with Crippen molar-refractivity contribution in [3.8, 4) is 5.75 Å². The molecule has 3 aromatic rings. The van der Waals surface area contributed by atoms with Gasteiger partial charge in [-0.25, -0.2) is 4.39 Å². The van der Waals surface area contributed by atoms with Crippen LogP contribution in [0.1, 0.15) is 101 Å². The van der Waals surface area contributed by atoms with Crippen molar-refractivity contribution in [1.29, 1.82) is 0 Å². The highest BCUT2D eigenvalue weighted by Gasteiger charge is 2.11. The summed E-state index contributed by atoms with van der Waals surface area (Å²) in [7, 11) is 0. The summed E-state index contributed by atoms with van der Waals surface area (Å²) in [4.78, 5) is 12.5. The van der Waals surface area contributed by atoms with Crippen molar-refractivity contribution in [2.24, 2.45) is 0 Å². The third-order valence-electron chi connectivity index (χ3n) is 7.09. The maximum absolute atomic E-state index is 14.5. The molecule has 0 fully saturated rings. The quantitative estimate of drug-likeness (QED) is 0.134. The fourth-order valence-electron chi connectivity index (χ4n) is 4.69. The van der Waals surface area contributed by atoms with E-state index in [1.165, 1.54) is 81.5 Å². The molecule has 40 heavy (non-hydrogen) atoms. The Hall–Kier alpha value is -2.25. The van der Waals surface area contributed by atoms with Crippen LogP contribution in [0.4, 0.5) is 10.1 Å². The largest absolute Gasteiger partial charge is 1.00 e. The first-order valence-corrected chi connectivity index (χ1v) is 15.7. The first-order chi connectivity index (χ1) is 19.0. The van der Waals surface area contributed by atoms with Crippen molar-refractivity contribution in [3.05, 3.63) is 76.0 Å². The van der Waals surface area contributed by atoms with E-state index in [-0.39, 0.29) is 35.1 Å². The monoisotopic (exact) mass is 632 g/mol. The van der Waals surface area contributed by atoms with Gasteiger partial charge in [0.2, 0.25) is 11.4 Å². The number of nitrogens with one attached hydrogen (secondary N) is 1. The summed E-state index contributed by atoms with van der Waals surface area (Å²) < 4.78 is 22.4. The summed E-state index contributed by atoms with van der Waals surface area (Å²) >= 11 is 1.68. The molecule has 4 nitrogen and oxygen atoms in total. The molecule has 0 saturated carbocycles. The molecule has 1 heterocycles. The van der Waals surface area contributed by atoms with E-state index in [2.05, 4.69) is 34.6 Å². The fraction of sp³-hybridized carbons (Fsp3) is 0.515. The van der Waals surface area contributed by atoms with Crippen molar-refractivity contribution < 1.29 is 35.5 Å². The van der Waals surface area contributed by atoms with Crippen LogP contribution in [-0.2, 0) is 17.8 Å². The zero-order valence-corrected chi connectivity index (χ0v) is 26.6. The molecule has 2 aromatic carbocycles. The van der Waals surface area contributed by atoms with Gasteiger partial charge in [0.25, 0.3) is 0 Å². The van der Waals surface area contributed by atoms with Gasteiger partial charge in [0.1, 0.15) is 0 Å². The van der Waals surface area contributed by atoms with Crippen LogP contribution in [-0.4, -0.2) is 12.5 Å². The molecule has 0 spiro atoms. The Bertz CT molecular complexity index is 1120. The summed E-state index contributed by atoms with van der Waals surface area (Å²) in [6.07, 6.45) is 15.5. The number of hydrogen-bond acceptors (Lipinski definition) is 3. The molecule has 3 rings (SSSR count). The van der Waals surface area contributed by atoms with E-state index in [0.717, 1.165) is 25.1 Å². The van der Waals surface area contributed by atoms with Crippen LogP contribution in [0.25, 0.3) is 0 Å². The molecule has 220 valence electrons. The molecule has 1 amide bonds. The van der Waals surface area contributed by atoms with E-state index in [0.29, 0.717) is 12.2 Å². The SMILES string of the molecule is CCCCCCCCCCCCCCOc1ccc(CC(=O)Nc2ccc(C[n+]3cscc3C)cc2)cc1F.[Br-]. The Balaban J connectivity index is 0.00000560. The smallest absolute Gasteiger partial charge is 0.228 e. The Kier molecular flexibility index (Phi) is 16.8. The number of carbonyl (C=O) groups is 1. The molecule has 0 bridgehead atoms. The van der Waals surface area contributed by atoms with E-state index in [9.17, 15) is 9.18 Å². The standard InChI is InChI=1S/C33H45FN2O2S.BrH/c1-3-4-5-6-7-8-9-10-11-12-13-14-21-38-32-20-17-29(22-31(32)34)23-33(37)35-30-18-15-28(16-19-30)24-36-26-39-25-27(36)2;/h15-20,22,25-26H,3-14,21,23-24H2,1-2H3;1H. The number of hydrogen-bond donors (Lipinski definition) is 1. The molecule has 0 aliphatic carbocycles. The molecule has 0 atom stereocenters. The van der Waals surface area contributed by atoms with E-state index in [1.54, 1.807) is 23.5 Å². The summed E-state index contributed by atoms with van der Waals surface area (Å²) in [5.74, 6) is -0.322. The van der Waals surface area contributed by atoms with E-state index >= 15 is 0 Å². The Morgan fingerprint density at radius 2 is 1.48 bits per heavy atom. The predicted molar refractivity (Wildman–Crippen MR) is 160 cm³/mol. The summed E-state index contributed by atoms with van der Waals surface area (Å²) in [5.41, 5.74) is 5.85. The predicted octanol–water partition coefficient (Wildman–Crippen LogP) is 5.80. The highest BCUT2D eigenvalue weighted by Crippen LogP contribution is 2.20. The fourth-order valence-corrected chi connectivity index (χ4v) is 5.47. The lowest BCUT2D eigenvalue weighted by molar-refractivity contribution is -0.689. The van der Waals surface area contributed by atoms with Crippen molar-refractivity contribution in [3.63, 3.8) is 0 Å². The van der Waals surface area contributed by atoms with Crippen LogP contribution >= 0.6 is 11.3 Å². The van der Waals surface area contributed by atoms with Crippen LogP contribution in [0.5, 0.6) is 5.75 Å². The minimum absolute atomic E-state index is 0. The molecular weight excluding hydrogens is 587 g/mol. The van der Waals surface area contributed by atoms with E-state index in [1.807, 2.05) is 24.3 Å². The number of carbonyl (C=O) groups excluding carboxylic acids is 1. The molecule has 1 aromatic heterocycles. The first kappa shape index (κ1) is 34.0. The molecular formula is C33H46BrFN2O2S. The van der Waals surface area contributed by atoms with Crippen molar-refractivity contribution >= 4 is 22.9 Å². The van der Waals surface area contributed by atoms with Gasteiger partial charge in [-0.3, -0.25) is 4.79 Å². The number of unbranched alkanes of at least 4 members (excludes halogenated alkanes) is 11. The lowest BCUT2D eigenvalue weighted by atomic mass is 10.1. The van der Waals surface area contributed by atoms with Gasteiger partial charge >= 0.3 is 0 Å². The number of rotatable bonds is 19. The van der Waals surface area contributed by atoms with Crippen molar-refractivity contribution in [2.45, 2.75) is 104 Å². The van der Waals surface area contributed by atoms with Crippen LogP contribution < -0.4 is 31.6 Å². The molecule has 0 aliphatic rings. The van der Waals surface area contributed by atoms with Gasteiger partial charge in [0.15, 0.2) is 23.8 Å².